The Labute approximate surface area is 337 Å². The Kier molecular flexibility index (Phi) is 2.84. The van der Waals surface area contributed by atoms with Gasteiger partial charge in [0.25, 0.3) is 0 Å². The van der Waals surface area contributed by atoms with Crippen LogP contribution in [0.4, 0.5) is 0 Å². The summed E-state index contributed by atoms with van der Waals surface area (Å²) in [5, 5.41) is -6.02. The Bertz CT molecular complexity index is 4090. The van der Waals surface area contributed by atoms with Crippen LogP contribution >= 0.6 is 0 Å². The van der Waals surface area contributed by atoms with Crippen molar-refractivity contribution in [2.24, 2.45) is 0 Å². The van der Waals surface area contributed by atoms with Gasteiger partial charge in [-0.1, -0.05) is 181 Å². The number of para-hydroxylation sites is 2. The normalized spacial score (nSPS) is 20.6. The summed E-state index contributed by atoms with van der Waals surface area (Å²) < 4.78 is 289. The van der Waals surface area contributed by atoms with Crippen molar-refractivity contribution in [2.45, 2.75) is 0 Å². The average molecular weight is 689 g/mol. The average Bonchev–Trinajstić information content (AvgIpc) is 1.66. The first-order valence-electron chi connectivity index (χ1n) is 30.3. The highest BCUT2D eigenvalue weighted by atomic mass is 28.3. The van der Waals surface area contributed by atoms with Crippen LogP contribution in [-0.4, -0.2) is 27.6 Å². The second kappa shape index (κ2) is 12.5. The molecule has 0 radical (unpaired) electrons. The van der Waals surface area contributed by atoms with Gasteiger partial charge < -0.3 is 0 Å². The molecular formula is C45H32N4Si. The molecule has 0 saturated carbocycles. The molecule has 0 saturated heterocycles. The number of aromatic nitrogens is 4. The molecular weight excluding hydrogens is 625 g/mol. The standard InChI is InChI=1S/C45H32N4Si/c1-5-18-33(19-6-1)43-46-44(48-45(47-43)49-41-30-15-13-28-39(41)40-29-14-16-31-42(40)49)34-20-17-27-38(32-34)50(35-21-7-2-8-22-35,36-23-9-3-10-24-36)37-25-11-4-12-26-37/h1-32H/i1D,2D,3D,4D,5D,6D,7D,8D,9D,10D,11D,12D,13D,14D,15D,16D,17D,18D,19D,20D,21D,22D,23D,24D,25D,26D,27D,28D,29D,30D,31D,32D. The van der Waals surface area contributed by atoms with Gasteiger partial charge in [-0.05, 0) is 32.8 Å². The quantitative estimate of drug-likeness (QED) is 0.128. The third kappa shape index (κ3) is 4.95. The van der Waals surface area contributed by atoms with E-state index in [-0.39, 0.29) is 0 Å². The first-order valence-corrected chi connectivity index (χ1v) is 16.3. The van der Waals surface area contributed by atoms with E-state index in [0.717, 1.165) is 0 Å². The lowest BCUT2D eigenvalue weighted by Crippen LogP contribution is -2.74. The number of benzene rings is 7. The summed E-state index contributed by atoms with van der Waals surface area (Å²) in [7, 11) is -6.49. The third-order valence-electron chi connectivity index (χ3n) is 7.43. The molecule has 0 spiro atoms. The van der Waals surface area contributed by atoms with Gasteiger partial charge in [0.2, 0.25) is 5.95 Å². The van der Waals surface area contributed by atoms with Crippen LogP contribution in [0.1, 0.15) is 43.9 Å². The van der Waals surface area contributed by atoms with Gasteiger partial charge in [-0.15, -0.1) is 0 Å². The lowest BCUT2D eigenvalue weighted by Gasteiger charge is -2.34. The van der Waals surface area contributed by atoms with Crippen molar-refractivity contribution in [2.75, 3.05) is 0 Å². The fourth-order valence-corrected chi connectivity index (χ4v) is 8.94. The van der Waals surface area contributed by atoms with E-state index < -0.39 is 273 Å². The molecule has 50 heavy (non-hydrogen) atoms. The SMILES string of the molecule is [2H]c1c([2H])c([2H])c(-c2nc(-c3c([2H])c([2H])c([2H])c([Si](c4c([2H])c([2H])c([2H])c([2H])c4[2H])(c4c([2H])c([2H])c([2H])c([2H])c4[2H])c4c([2H])c([2H])c([2H])c([2H])c4[2H])c3[2H])nc(-n3c4c([2H])c([2H])c([2H])c([2H])c4c4c([2H])c([2H])c([2H])c([2H])c43)n2)c([2H])c1[2H]. The molecule has 0 unspecified atom stereocenters. The molecule has 0 fully saturated rings. The summed E-state index contributed by atoms with van der Waals surface area (Å²) in [6.07, 6.45) is 0. The smallest absolute Gasteiger partial charge is 0.238 e. The van der Waals surface area contributed by atoms with Gasteiger partial charge in [0.15, 0.2) is 19.7 Å². The fraction of sp³-hybridized carbons (Fsp3) is 0. The Balaban J connectivity index is 1.64. The summed E-state index contributed by atoms with van der Waals surface area (Å²) in [6, 6.07) is -36.6. The van der Waals surface area contributed by atoms with Crippen molar-refractivity contribution in [3.8, 4) is 28.7 Å². The van der Waals surface area contributed by atoms with Crippen LogP contribution < -0.4 is 20.7 Å². The number of hydrogen-bond donors (Lipinski definition) is 0. The molecule has 9 rings (SSSR count). The number of nitrogens with zero attached hydrogens (tertiary/aromatic N) is 4. The maximum absolute atomic E-state index is 10.3. The molecule has 0 amide bonds. The first-order chi connectivity index (χ1) is 38.1. The molecule has 5 heteroatoms. The van der Waals surface area contributed by atoms with E-state index in [2.05, 4.69) is 15.0 Å². The Hall–Kier alpha value is -6.43. The van der Waals surface area contributed by atoms with Gasteiger partial charge in [-0.3, -0.25) is 4.57 Å². The van der Waals surface area contributed by atoms with Crippen LogP contribution in [0.15, 0.2) is 193 Å². The minimum atomic E-state index is -6.49. The number of rotatable bonds is 7. The van der Waals surface area contributed by atoms with E-state index in [1.807, 2.05) is 0 Å². The van der Waals surface area contributed by atoms with Crippen LogP contribution in [0.25, 0.3) is 50.5 Å². The van der Waals surface area contributed by atoms with Gasteiger partial charge in [0.1, 0.15) is 0 Å². The van der Waals surface area contributed by atoms with Crippen molar-refractivity contribution < 1.29 is 43.9 Å². The van der Waals surface area contributed by atoms with Crippen LogP contribution in [0.2, 0.25) is 0 Å². The summed E-state index contributed by atoms with van der Waals surface area (Å²) >= 11 is 0. The van der Waals surface area contributed by atoms with E-state index >= 15 is 0 Å². The zero-order valence-electron chi connectivity index (χ0n) is 56.8. The zero-order valence-corrected chi connectivity index (χ0v) is 25.8. The number of hydrogen-bond acceptors (Lipinski definition) is 3. The predicted molar refractivity (Wildman–Crippen MR) is 209 cm³/mol. The van der Waals surface area contributed by atoms with Gasteiger partial charge in [-0.25, -0.2) is 4.98 Å². The molecule has 7 aromatic carbocycles. The van der Waals surface area contributed by atoms with Crippen LogP contribution in [0, 0.1) is 0 Å². The number of fused-ring (bicyclic) bond motifs is 3. The topological polar surface area (TPSA) is 43.6 Å². The van der Waals surface area contributed by atoms with Gasteiger partial charge in [-0.2, -0.15) is 9.97 Å². The van der Waals surface area contributed by atoms with E-state index in [1.165, 1.54) is 0 Å². The summed E-state index contributed by atoms with van der Waals surface area (Å²) in [4.78, 5) is 13.1. The summed E-state index contributed by atoms with van der Waals surface area (Å²) in [5.41, 5.74) is -3.45. The van der Waals surface area contributed by atoms with E-state index in [4.69, 9.17) is 30.2 Å². The van der Waals surface area contributed by atoms with Crippen molar-refractivity contribution in [3.63, 3.8) is 0 Å². The Morgan fingerprint density at radius 3 is 1.30 bits per heavy atom. The second-order valence-electron chi connectivity index (χ2n) is 10.1. The summed E-state index contributed by atoms with van der Waals surface area (Å²) in [6.45, 7) is 0. The van der Waals surface area contributed by atoms with Crippen LogP contribution in [0.3, 0.4) is 0 Å². The van der Waals surface area contributed by atoms with Gasteiger partial charge >= 0.3 is 0 Å². The zero-order chi connectivity index (χ0) is 61.2. The molecule has 0 aliphatic carbocycles. The lowest BCUT2D eigenvalue weighted by atomic mass is 10.2. The molecule has 9 aromatic rings. The largest absolute Gasteiger partial charge is 0.278 e. The second-order valence-corrected chi connectivity index (χ2v) is 13.6. The van der Waals surface area contributed by atoms with Crippen molar-refractivity contribution in [1.29, 1.82) is 0 Å². The Morgan fingerprint density at radius 2 is 0.780 bits per heavy atom. The highest BCUT2D eigenvalue weighted by molar-refractivity contribution is 7.19. The fourth-order valence-electron chi connectivity index (χ4n) is 5.38. The van der Waals surface area contributed by atoms with Crippen LogP contribution in [0.5, 0.6) is 0 Å². The molecule has 2 heterocycles. The minimum Gasteiger partial charge on any atom is -0.278 e. The first kappa shape index (κ1) is 11.3. The maximum Gasteiger partial charge on any atom is 0.238 e. The van der Waals surface area contributed by atoms with E-state index in [9.17, 15) is 13.7 Å². The van der Waals surface area contributed by atoms with E-state index in [0.29, 0.717) is 4.57 Å². The lowest BCUT2D eigenvalue weighted by molar-refractivity contribution is 0.953. The van der Waals surface area contributed by atoms with Crippen molar-refractivity contribution >= 4 is 50.6 Å². The maximum atomic E-state index is 10.3. The van der Waals surface area contributed by atoms with Gasteiger partial charge in [0, 0.05) is 21.9 Å². The molecule has 0 N–H and O–H groups in total. The highest BCUT2D eigenvalue weighted by Crippen LogP contribution is 2.32. The molecule has 0 aliphatic heterocycles. The van der Waals surface area contributed by atoms with Gasteiger partial charge in [0.05, 0.1) is 54.9 Å². The van der Waals surface area contributed by atoms with Crippen molar-refractivity contribution in [1.82, 2.24) is 19.5 Å². The summed E-state index contributed by atoms with van der Waals surface area (Å²) in [5.74, 6) is -3.23. The molecule has 2 aromatic heterocycles. The molecule has 0 atom stereocenters. The minimum absolute atomic E-state index is 0.567. The van der Waals surface area contributed by atoms with E-state index in [1.54, 1.807) is 0 Å². The molecule has 4 nitrogen and oxygen atoms in total. The Morgan fingerprint density at radius 1 is 0.380 bits per heavy atom. The highest BCUT2D eigenvalue weighted by Gasteiger charge is 2.41. The van der Waals surface area contributed by atoms with Crippen molar-refractivity contribution in [3.05, 3.63) is 193 Å². The van der Waals surface area contributed by atoms with Crippen LogP contribution in [-0.2, 0) is 0 Å². The third-order valence-corrected chi connectivity index (χ3v) is 11.4. The molecule has 236 valence electrons. The molecule has 0 bridgehead atoms. The monoisotopic (exact) mass is 688 g/mol. The predicted octanol–water partition coefficient (Wildman–Crippen LogP) is 7.68. The molecule has 0 aliphatic rings.